The number of carbonyl (C=O) groups excluding carboxylic acids is 2. The van der Waals surface area contributed by atoms with Crippen molar-refractivity contribution >= 4 is 23.7 Å². The van der Waals surface area contributed by atoms with Crippen molar-refractivity contribution in [3.05, 3.63) is 69.8 Å². The minimum absolute atomic E-state index is 0.0751. The van der Waals surface area contributed by atoms with Crippen LogP contribution >= 0.6 is 0 Å². The molecule has 2 aromatic rings. The number of ether oxygens (including phenoxy) is 1. The smallest absolute Gasteiger partial charge is 0.270 e. The molecule has 2 N–H and O–H groups in total. The van der Waals surface area contributed by atoms with Crippen LogP contribution in [0.4, 0.5) is 5.69 Å². The number of rotatable bonds is 10. The molecule has 0 heterocycles. The Morgan fingerprint density at radius 2 is 1.94 bits per heavy atom. The molecule has 31 heavy (non-hydrogen) atoms. The largest absolute Gasteiger partial charge is 0.484 e. The number of non-ortho nitro benzene ring substituents is 1. The number of hydrazone groups is 1. The van der Waals surface area contributed by atoms with E-state index in [2.05, 4.69) is 15.8 Å². The van der Waals surface area contributed by atoms with Gasteiger partial charge in [-0.2, -0.15) is 5.10 Å². The van der Waals surface area contributed by atoms with Gasteiger partial charge in [0, 0.05) is 17.7 Å². The summed E-state index contributed by atoms with van der Waals surface area (Å²) in [4.78, 5) is 35.1. The molecule has 9 nitrogen and oxygen atoms in total. The molecule has 0 saturated carbocycles. The lowest BCUT2D eigenvalue weighted by atomic mass is 10.0. The molecule has 0 radical (unpaired) electrons. The van der Waals surface area contributed by atoms with Crippen LogP contribution in [0.5, 0.6) is 5.75 Å². The molecule has 0 aliphatic rings. The van der Waals surface area contributed by atoms with E-state index < -0.39 is 22.8 Å². The van der Waals surface area contributed by atoms with Crippen molar-refractivity contribution < 1.29 is 19.2 Å². The van der Waals surface area contributed by atoms with E-state index in [1.807, 2.05) is 39.0 Å². The number of hydrogen-bond donors (Lipinski definition) is 2. The van der Waals surface area contributed by atoms with Crippen molar-refractivity contribution in [3.8, 4) is 5.75 Å². The summed E-state index contributed by atoms with van der Waals surface area (Å²) in [7, 11) is 0. The zero-order valence-corrected chi connectivity index (χ0v) is 17.7. The van der Waals surface area contributed by atoms with Gasteiger partial charge in [0.05, 0.1) is 11.1 Å². The van der Waals surface area contributed by atoms with Gasteiger partial charge in [-0.1, -0.05) is 44.2 Å². The summed E-state index contributed by atoms with van der Waals surface area (Å²) in [6, 6.07) is 12.4. The summed E-state index contributed by atoms with van der Waals surface area (Å²) < 4.78 is 5.53. The molecule has 0 fully saturated rings. The second-order valence-electron chi connectivity index (χ2n) is 7.39. The average molecular weight is 426 g/mol. The van der Waals surface area contributed by atoms with Crippen molar-refractivity contribution in [2.45, 2.75) is 33.2 Å². The van der Waals surface area contributed by atoms with E-state index in [1.165, 1.54) is 24.4 Å². The normalized spacial score (nSPS) is 11.9. The van der Waals surface area contributed by atoms with Crippen LogP contribution in [0, 0.1) is 23.0 Å². The SMILES string of the molecule is Cc1ccccc1OCC(=O)N[C@@H](CC(C)C)C(=O)N/N=C\c1cccc([N+](=O)[O-])c1. The Bertz CT molecular complexity index is 958. The number of carbonyl (C=O) groups is 2. The van der Waals surface area contributed by atoms with Gasteiger partial charge in [0.2, 0.25) is 0 Å². The monoisotopic (exact) mass is 426 g/mol. The van der Waals surface area contributed by atoms with Gasteiger partial charge in [-0.3, -0.25) is 19.7 Å². The van der Waals surface area contributed by atoms with Gasteiger partial charge in [0.25, 0.3) is 17.5 Å². The Hall–Kier alpha value is -3.75. The van der Waals surface area contributed by atoms with Crippen molar-refractivity contribution in [3.63, 3.8) is 0 Å². The summed E-state index contributed by atoms with van der Waals surface area (Å²) in [5, 5.41) is 17.4. The van der Waals surface area contributed by atoms with Crippen molar-refractivity contribution in [1.82, 2.24) is 10.7 Å². The van der Waals surface area contributed by atoms with Crippen LogP contribution < -0.4 is 15.5 Å². The van der Waals surface area contributed by atoms with E-state index in [4.69, 9.17) is 4.74 Å². The second-order valence-corrected chi connectivity index (χ2v) is 7.39. The molecule has 2 rings (SSSR count). The Kier molecular flexibility index (Phi) is 8.68. The highest BCUT2D eigenvalue weighted by atomic mass is 16.6. The summed E-state index contributed by atoms with van der Waals surface area (Å²) in [5.74, 6) is -0.163. The predicted octanol–water partition coefficient (Wildman–Crippen LogP) is 2.96. The molecule has 0 aromatic heterocycles. The van der Waals surface area contributed by atoms with Gasteiger partial charge in [-0.15, -0.1) is 0 Å². The topological polar surface area (TPSA) is 123 Å². The van der Waals surface area contributed by atoms with Crippen LogP contribution in [0.1, 0.15) is 31.4 Å². The number of nitro benzene ring substituents is 1. The molecule has 2 amide bonds. The van der Waals surface area contributed by atoms with Crippen LogP contribution in [-0.2, 0) is 9.59 Å². The van der Waals surface area contributed by atoms with E-state index in [1.54, 1.807) is 12.1 Å². The van der Waals surface area contributed by atoms with Crippen LogP contribution in [0.25, 0.3) is 0 Å². The number of aryl methyl sites for hydroxylation is 1. The van der Waals surface area contributed by atoms with Gasteiger partial charge in [-0.25, -0.2) is 5.43 Å². The predicted molar refractivity (Wildman–Crippen MR) is 117 cm³/mol. The first kappa shape index (κ1) is 23.5. The molecular formula is C22H26N4O5. The van der Waals surface area contributed by atoms with E-state index in [0.717, 1.165) is 5.56 Å². The Balaban J connectivity index is 1.95. The third kappa shape index (κ3) is 7.88. The first-order chi connectivity index (χ1) is 14.8. The highest BCUT2D eigenvalue weighted by molar-refractivity contribution is 5.89. The standard InChI is InChI=1S/C22H26N4O5/c1-15(2)11-19(24-21(27)14-31-20-10-5-4-7-16(20)3)22(28)25-23-13-17-8-6-9-18(12-17)26(29)30/h4-10,12-13,15,19H,11,14H2,1-3H3,(H,24,27)(H,25,28)/b23-13-/t19-/m0/s1. The van der Waals surface area contributed by atoms with Gasteiger partial charge < -0.3 is 10.1 Å². The number of hydrogen-bond acceptors (Lipinski definition) is 6. The molecule has 1 atom stereocenters. The first-order valence-corrected chi connectivity index (χ1v) is 9.81. The van der Waals surface area contributed by atoms with Crippen molar-refractivity contribution in [1.29, 1.82) is 0 Å². The van der Waals surface area contributed by atoms with Crippen molar-refractivity contribution in [2.75, 3.05) is 6.61 Å². The van der Waals surface area contributed by atoms with Gasteiger partial charge in [0.1, 0.15) is 11.8 Å². The molecular weight excluding hydrogens is 400 g/mol. The summed E-state index contributed by atoms with van der Waals surface area (Å²) in [5.41, 5.74) is 3.67. The molecule has 0 saturated heterocycles. The number of benzene rings is 2. The lowest BCUT2D eigenvalue weighted by Gasteiger charge is -2.19. The third-order valence-corrected chi connectivity index (χ3v) is 4.28. The summed E-state index contributed by atoms with van der Waals surface area (Å²) in [6.45, 7) is 5.52. The van der Waals surface area contributed by atoms with E-state index >= 15 is 0 Å². The molecule has 0 aliphatic heterocycles. The number of amides is 2. The summed E-state index contributed by atoms with van der Waals surface area (Å²) in [6.07, 6.45) is 1.72. The van der Waals surface area contributed by atoms with Crippen LogP contribution in [0.3, 0.4) is 0 Å². The minimum atomic E-state index is -0.796. The highest BCUT2D eigenvalue weighted by Gasteiger charge is 2.22. The van der Waals surface area contributed by atoms with E-state index in [0.29, 0.717) is 17.7 Å². The zero-order chi connectivity index (χ0) is 22.8. The quantitative estimate of drug-likeness (QED) is 0.343. The fourth-order valence-electron chi connectivity index (χ4n) is 2.77. The van der Waals surface area contributed by atoms with Crippen LogP contribution in [0.15, 0.2) is 53.6 Å². The number of nitrogens with one attached hydrogen (secondary N) is 2. The molecule has 0 spiro atoms. The van der Waals surface area contributed by atoms with E-state index in [-0.39, 0.29) is 18.2 Å². The lowest BCUT2D eigenvalue weighted by molar-refractivity contribution is -0.384. The number of nitro groups is 1. The van der Waals surface area contributed by atoms with Gasteiger partial charge >= 0.3 is 0 Å². The Morgan fingerprint density at radius 3 is 2.61 bits per heavy atom. The molecule has 2 aromatic carbocycles. The minimum Gasteiger partial charge on any atom is -0.484 e. The Labute approximate surface area is 180 Å². The first-order valence-electron chi connectivity index (χ1n) is 9.81. The highest BCUT2D eigenvalue weighted by Crippen LogP contribution is 2.16. The maximum Gasteiger partial charge on any atom is 0.270 e. The maximum absolute atomic E-state index is 12.5. The van der Waals surface area contributed by atoms with Crippen molar-refractivity contribution in [2.24, 2.45) is 11.0 Å². The molecule has 0 unspecified atom stereocenters. The molecule has 164 valence electrons. The molecule has 0 bridgehead atoms. The lowest BCUT2D eigenvalue weighted by Crippen LogP contribution is -2.47. The molecule has 9 heteroatoms. The number of nitrogens with zero attached hydrogens (tertiary/aromatic N) is 2. The second kappa shape index (κ2) is 11.4. The number of para-hydroxylation sites is 1. The third-order valence-electron chi connectivity index (χ3n) is 4.28. The average Bonchev–Trinajstić information content (AvgIpc) is 2.72. The van der Waals surface area contributed by atoms with Gasteiger partial charge in [-0.05, 0) is 30.9 Å². The fourth-order valence-corrected chi connectivity index (χ4v) is 2.77. The Morgan fingerprint density at radius 1 is 1.19 bits per heavy atom. The van der Waals surface area contributed by atoms with Crippen LogP contribution in [0.2, 0.25) is 0 Å². The van der Waals surface area contributed by atoms with Gasteiger partial charge in [0.15, 0.2) is 6.61 Å². The van der Waals surface area contributed by atoms with Crippen LogP contribution in [-0.4, -0.2) is 35.6 Å². The maximum atomic E-state index is 12.5. The summed E-state index contributed by atoms with van der Waals surface area (Å²) >= 11 is 0. The molecule has 0 aliphatic carbocycles. The fraction of sp³-hybridized carbons (Fsp3) is 0.318. The van der Waals surface area contributed by atoms with E-state index in [9.17, 15) is 19.7 Å². The zero-order valence-electron chi connectivity index (χ0n) is 17.7.